The second-order valence-corrected chi connectivity index (χ2v) is 8.08. The van der Waals surface area contributed by atoms with Gasteiger partial charge in [-0.25, -0.2) is 4.79 Å². The van der Waals surface area contributed by atoms with E-state index >= 15 is 0 Å². The van der Waals surface area contributed by atoms with Crippen molar-refractivity contribution < 1.29 is 14.1 Å². The SMILES string of the molecule is Cn1nc(C(=O)N[C@@H](CCCN)C(=O)N[C@H]2CCC[C@H]2c2noc(=O)[nH]2)c2ccccc21. The van der Waals surface area contributed by atoms with Crippen LogP contribution < -0.4 is 22.1 Å². The molecule has 32 heavy (non-hydrogen) atoms. The summed E-state index contributed by atoms with van der Waals surface area (Å²) in [4.78, 5) is 40.0. The molecule has 0 spiro atoms. The van der Waals surface area contributed by atoms with Crippen LogP contribution in [0.25, 0.3) is 10.9 Å². The van der Waals surface area contributed by atoms with E-state index in [4.69, 9.17) is 5.73 Å². The molecule has 1 fully saturated rings. The topological polar surface area (TPSA) is 161 Å². The number of nitrogens with zero attached hydrogens (tertiary/aromatic N) is 3. The Hall–Kier alpha value is -3.47. The summed E-state index contributed by atoms with van der Waals surface area (Å²) in [7, 11) is 1.77. The lowest BCUT2D eigenvalue weighted by Crippen LogP contribution is -2.50. The summed E-state index contributed by atoms with van der Waals surface area (Å²) in [5.41, 5.74) is 6.75. The van der Waals surface area contributed by atoms with Gasteiger partial charge in [0.05, 0.1) is 5.52 Å². The predicted octanol–water partition coefficient (Wildman–Crippen LogP) is 0.539. The average molecular weight is 441 g/mol. The molecule has 11 nitrogen and oxygen atoms in total. The number of aromatic nitrogens is 4. The van der Waals surface area contributed by atoms with Crippen molar-refractivity contribution in [2.75, 3.05) is 6.54 Å². The Morgan fingerprint density at radius 3 is 2.91 bits per heavy atom. The number of nitrogens with two attached hydrogens (primary N) is 1. The number of fused-ring (bicyclic) bond motifs is 1. The van der Waals surface area contributed by atoms with Gasteiger partial charge in [0.1, 0.15) is 6.04 Å². The second kappa shape index (κ2) is 9.35. The molecule has 1 aliphatic rings. The van der Waals surface area contributed by atoms with E-state index in [1.54, 1.807) is 11.7 Å². The fourth-order valence-electron chi connectivity index (χ4n) is 4.34. The van der Waals surface area contributed by atoms with Crippen molar-refractivity contribution in [1.82, 2.24) is 30.6 Å². The average Bonchev–Trinajstić information content (AvgIpc) is 3.50. The molecule has 0 bridgehead atoms. The van der Waals surface area contributed by atoms with Gasteiger partial charge in [-0.2, -0.15) is 5.10 Å². The van der Waals surface area contributed by atoms with Crippen molar-refractivity contribution in [3.05, 3.63) is 46.3 Å². The minimum atomic E-state index is -0.760. The molecule has 5 N–H and O–H groups in total. The number of H-pyrrole nitrogens is 1. The molecule has 4 rings (SSSR count). The van der Waals surface area contributed by atoms with E-state index in [9.17, 15) is 14.4 Å². The number of hydrogen-bond donors (Lipinski definition) is 4. The van der Waals surface area contributed by atoms with Crippen molar-refractivity contribution in [2.24, 2.45) is 12.8 Å². The lowest BCUT2D eigenvalue weighted by atomic mass is 10.0. The monoisotopic (exact) mass is 441 g/mol. The van der Waals surface area contributed by atoms with E-state index in [2.05, 4.69) is 30.4 Å². The zero-order chi connectivity index (χ0) is 22.7. The molecule has 0 saturated heterocycles. The van der Waals surface area contributed by atoms with Gasteiger partial charge in [0.2, 0.25) is 5.91 Å². The number of nitrogens with one attached hydrogen (secondary N) is 3. The first kappa shape index (κ1) is 21.8. The van der Waals surface area contributed by atoms with Crippen LogP contribution >= 0.6 is 0 Å². The van der Waals surface area contributed by atoms with E-state index in [1.165, 1.54) is 0 Å². The zero-order valence-corrected chi connectivity index (χ0v) is 17.8. The highest BCUT2D eigenvalue weighted by atomic mass is 16.5. The standard InChI is InChI=1S/C21H27N7O4/c1-28-16-10-3-2-6-13(16)17(26-28)20(30)24-15(9-5-11-22)19(29)23-14-8-4-7-12(14)18-25-21(31)32-27-18/h2-3,6,10,12,14-15H,4-5,7-9,11,22H2,1H3,(H,23,29)(H,24,30)(H,25,27,31)/t12-,14+,15+/m1/s1. The van der Waals surface area contributed by atoms with Crippen LogP contribution in [-0.2, 0) is 11.8 Å². The van der Waals surface area contributed by atoms with Gasteiger partial charge >= 0.3 is 5.76 Å². The molecule has 3 aromatic rings. The smallest absolute Gasteiger partial charge is 0.351 e. The number of amides is 2. The molecule has 2 amide bonds. The molecule has 1 saturated carbocycles. The molecular formula is C21H27N7O4. The Kier molecular flexibility index (Phi) is 6.35. The van der Waals surface area contributed by atoms with Crippen LogP contribution in [0.2, 0.25) is 0 Å². The Labute approximate surface area is 183 Å². The number of benzene rings is 1. The normalized spacial score (nSPS) is 19.2. The van der Waals surface area contributed by atoms with Crippen LogP contribution in [0.5, 0.6) is 0 Å². The molecule has 170 valence electrons. The van der Waals surface area contributed by atoms with Gasteiger partial charge in [0.25, 0.3) is 5.91 Å². The molecule has 1 aliphatic carbocycles. The highest BCUT2D eigenvalue weighted by molar-refractivity contribution is 6.06. The van der Waals surface area contributed by atoms with Crippen molar-refractivity contribution in [3.8, 4) is 0 Å². The van der Waals surface area contributed by atoms with Crippen LogP contribution in [0.3, 0.4) is 0 Å². The largest absolute Gasteiger partial charge is 0.438 e. The summed E-state index contributed by atoms with van der Waals surface area (Å²) < 4.78 is 6.26. The van der Waals surface area contributed by atoms with E-state index in [1.807, 2.05) is 24.3 Å². The number of aromatic amines is 1. The summed E-state index contributed by atoms with van der Waals surface area (Å²) in [6.45, 7) is 0.401. The first-order chi connectivity index (χ1) is 15.5. The molecule has 11 heteroatoms. The second-order valence-electron chi connectivity index (χ2n) is 8.08. The van der Waals surface area contributed by atoms with Gasteiger partial charge in [-0.05, 0) is 38.3 Å². The van der Waals surface area contributed by atoms with Gasteiger partial charge in [-0.3, -0.25) is 23.8 Å². The highest BCUT2D eigenvalue weighted by Crippen LogP contribution is 2.32. The lowest BCUT2D eigenvalue weighted by Gasteiger charge is -2.23. The summed E-state index contributed by atoms with van der Waals surface area (Å²) in [6, 6.07) is 6.46. The van der Waals surface area contributed by atoms with Crippen LogP contribution in [0, 0.1) is 0 Å². The molecule has 0 unspecified atom stereocenters. The van der Waals surface area contributed by atoms with Gasteiger partial charge in [0.15, 0.2) is 11.5 Å². The van der Waals surface area contributed by atoms with E-state index in [0.717, 1.165) is 30.2 Å². The zero-order valence-electron chi connectivity index (χ0n) is 17.8. The summed E-state index contributed by atoms with van der Waals surface area (Å²) in [6.07, 6.45) is 3.37. The van der Waals surface area contributed by atoms with Crippen molar-refractivity contribution in [1.29, 1.82) is 0 Å². The minimum absolute atomic E-state index is 0.143. The first-order valence-electron chi connectivity index (χ1n) is 10.8. The van der Waals surface area contributed by atoms with Crippen LogP contribution in [0.15, 0.2) is 33.6 Å². The predicted molar refractivity (Wildman–Crippen MR) is 116 cm³/mol. The molecule has 3 atom stereocenters. The third-order valence-corrected chi connectivity index (χ3v) is 5.94. The van der Waals surface area contributed by atoms with Gasteiger partial charge in [-0.1, -0.05) is 29.8 Å². The molecule has 0 aliphatic heterocycles. The van der Waals surface area contributed by atoms with Gasteiger partial charge in [-0.15, -0.1) is 0 Å². The Morgan fingerprint density at radius 1 is 1.34 bits per heavy atom. The van der Waals surface area contributed by atoms with Crippen molar-refractivity contribution >= 4 is 22.7 Å². The molecule has 2 heterocycles. The fourth-order valence-corrected chi connectivity index (χ4v) is 4.34. The summed E-state index contributed by atoms with van der Waals surface area (Å²) in [5, 5.41) is 14.7. The molecular weight excluding hydrogens is 414 g/mol. The number of aryl methyl sites for hydroxylation is 1. The highest BCUT2D eigenvalue weighted by Gasteiger charge is 2.34. The lowest BCUT2D eigenvalue weighted by molar-refractivity contribution is -0.123. The molecule has 2 aromatic heterocycles. The van der Waals surface area contributed by atoms with Crippen LogP contribution in [0.4, 0.5) is 0 Å². The number of hydrogen-bond acceptors (Lipinski definition) is 7. The maximum Gasteiger partial charge on any atom is 0.438 e. The van der Waals surface area contributed by atoms with E-state index in [-0.39, 0.29) is 23.6 Å². The summed E-state index contributed by atoms with van der Waals surface area (Å²) in [5.74, 6) is -1.04. The molecule has 0 radical (unpaired) electrons. The third kappa shape index (κ3) is 4.42. The fraction of sp³-hybridized carbons (Fsp3) is 0.476. The number of carbonyl (C=O) groups excluding carboxylic acids is 2. The Bertz CT molecular complexity index is 1160. The Morgan fingerprint density at radius 2 is 2.16 bits per heavy atom. The van der Waals surface area contributed by atoms with Crippen molar-refractivity contribution in [3.63, 3.8) is 0 Å². The quantitative estimate of drug-likeness (QED) is 0.397. The maximum absolute atomic E-state index is 13.1. The van der Waals surface area contributed by atoms with Crippen LogP contribution in [-0.4, -0.2) is 50.4 Å². The minimum Gasteiger partial charge on any atom is -0.351 e. The molecule has 1 aromatic carbocycles. The first-order valence-corrected chi connectivity index (χ1v) is 10.8. The number of rotatable bonds is 8. The number of carbonyl (C=O) groups is 2. The maximum atomic E-state index is 13.1. The third-order valence-electron chi connectivity index (χ3n) is 5.94. The van der Waals surface area contributed by atoms with Crippen molar-refractivity contribution in [2.45, 2.75) is 50.1 Å². The van der Waals surface area contributed by atoms with Gasteiger partial charge in [0, 0.05) is 24.4 Å². The van der Waals surface area contributed by atoms with Crippen LogP contribution in [0.1, 0.15) is 54.3 Å². The van der Waals surface area contributed by atoms with E-state index < -0.39 is 17.7 Å². The number of para-hydroxylation sites is 1. The van der Waals surface area contributed by atoms with E-state index in [0.29, 0.717) is 25.2 Å². The summed E-state index contributed by atoms with van der Waals surface area (Å²) >= 11 is 0. The van der Waals surface area contributed by atoms with Gasteiger partial charge < -0.3 is 16.4 Å². The Balaban J connectivity index is 1.49.